The Hall–Kier alpha value is -2.70. The highest BCUT2D eigenvalue weighted by Crippen LogP contribution is 2.38. The van der Waals surface area contributed by atoms with E-state index in [1.54, 1.807) is 0 Å². The smallest absolute Gasteiger partial charge is 0.331 e. The van der Waals surface area contributed by atoms with E-state index in [0.29, 0.717) is 7.88 Å². The van der Waals surface area contributed by atoms with Crippen molar-refractivity contribution in [1.82, 2.24) is 4.31 Å². The van der Waals surface area contributed by atoms with Crippen LogP contribution in [0.1, 0.15) is 11.1 Å². The van der Waals surface area contributed by atoms with Gasteiger partial charge in [-0.3, -0.25) is 4.79 Å². The molecule has 0 saturated carbocycles. The lowest BCUT2D eigenvalue weighted by atomic mass is 10.2. The Kier molecular flexibility index (Phi) is 7.15. The van der Waals surface area contributed by atoms with Crippen LogP contribution in [0.15, 0.2) is 72.8 Å². The normalized spacial score (nSPS) is 15.2. The number of hydrogen-bond acceptors (Lipinski definition) is 5. The van der Waals surface area contributed by atoms with Crippen LogP contribution in [-0.4, -0.2) is 31.9 Å². The predicted molar refractivity (Wildman–Crippen MR) is 129 cm³/mol. The zero-order valence-electron chi connectivity index (χ0n) is 17.4. The topological polar surface area (TPSA) is 76.2 Å². The van der Waals surface area contributed by atoms with Crippen LogP contribution in [0.2, 0.25) is 0 Å². The maximum absolute atomic E-state index is 15.0. The minimum atomic E-state index is -4.36. The van der Waals surface area contributed by atoms with Crippen molar-refractivity contribution in [3.8, 4) is 5.75 Å². The molecule has 3 aromatic carbocycles. The first-order valence-electron chi connectivity index (χ1n) is 9.97. The van der Waals surface area contributed by atoms with E-state index in [2.05, 4.69) is 0 Å². The molecule has 4 rings (SSSR count). The minimum Gasteiger partial charge on any atom is -0.487 e. The second-order valence-corrected chi connectivity index (χ2v) is 10.3. The number of hydrogen-bond donors (Lipinski definition) is 0. The van der Waals surface area contributed by atoms with Crippen LogP contribution in [0.4, 0.5) is 10.1 Å². The van der Waals surface area contributed by atoms with Crippen LogP contribution in [0.3, 0.4) is 0 Å². The highest BCUT2D eigenvalue weighted by Gasteiger charge is 2.45. The van der Waals surface area contributed by atoms with Crippen molar-refractivity contribution < 1.29 is 27.1 Å². The Bertz CT molecular complexity index is 1240. The molecular formula is C23H20FIN2O5S. The summed E-state index contributed by atoms with van der Waals surface area (Å²) < 4.78 is 54.4. The Morgan fingerprint density at radius 2 is 1.55 bits per heavy atom. The van der Waals surface area contributed by atoms with Crippen molar-refractivity contribution in [3.05, 3.63) is 93.3 Å². The van der Waals surface area contributed by atoms with Crippen LogP contribution in [0.25, 0.3) is 0 Å². The third-order valence-corrected chi connectivity index (χ3v) is 7.27. The summed E-state index contributed by atoms with van der Waals surface area (Å²) in [4.78, 5) is 12.5. The third kappa shape index (κ3) is 5.28. The molecule has 1 amide bonds. The highest BCUT2D eigenvalue weighted by atomic mass is 127. The molecule has 10 heteroatoms. The first-order valence-corrected chi connectivity index (χ1v) is 12.4. The van der Waals surface area contributed by atoms with Gasteiger partial charge in [-0.2, -0.15) is 12.7 Å². The zero-order valence-corrected chi connectivity index (χ0v) is 20.3. The Labute approximate surface area is 205 Å². The predicted octanol–water partition coefficient (Wildman–Crippen LogP) is 4.08. The van der Waals surface area contributed by atoms with Crippen LogP contribution >= 0.6 is 22.6 Å². The maximum Gasteiger partial charge on any atom is 0.331 e. The monoisotopic (exact) mass is 582 g/mol. The van der Waals surface area contributed by atoms with E-state index in [1.165, 1.54) is 12.1 Å². The van der Waals surface area contributed by atoms with Gasteiger partial charge in [0.15, 0.2) is 5.82 Å². The standard InChI is InChI=1S/C23H20FIN2O5S/c24-20-11-19(25)12-21(32-15-18-9-5-2-6-10-18)23(20)26-13-22(28)27(33(26,29)30)16-31-14-17-7-3-1-4-8-17/h1-12H,13-16H2. The van der Waals surface area contributed by atoms with Gasteiger partial charge in [-0.1, -0.05) is 60.7 Å². The fourth-order valence-electron chi connectivity index (χ4n) is 3.31. The molecule has 7 nitrogen and oxygen atoms in total. The van der Waals surface area contributed by atoms with E-state index in [-0.39, 0.29) is 24.7 Å². The average Bonchev–Trinajstić information content (AvgIpc) is 3.01. The molecular weight excluding hydrogens is 562 g/mol. The molecule has 0 unspecified atom stereocenters. The molecule has 1 saturated heterocycles. The Balaban J connectivity index is 1.56. The van der Waals surface area contributed by atoms with E-state index in [9.17, 15) is 13.2 Å². The lowest BCUT2D eigenvalue weighted by Crippen LogP contribution is -2.36. The van der Waals surface area contributed by atoms with Crippen LogP contribution < -0.4 is 9.04 Å². The van der Waals surface area contributed by atoms with Gasteiger partial charge >= 0.3 is 10.2 Å². The van der Waals surface area contributed by atoms with Crippen LogP contribution in [-0.2, 0) is 33.0 Å². The van der Waals surface area contributed by atoms with Gasteiger partial charge in [-0.15, -0.1) is 0 Å². The SMILES string of the molecule is O=C1CN(c2c(F)cc(I)cc2OCc2ccccc2)S(=O)(=O)N1COCc1ccccc1. The summed E-state index contributed by atoms with van der Waals surface area (Å²) in [6.07, 6.45) is 0. The van der Waals surface area contributed by atoms with E-state index in [0.717, 1.165) is 15.4 Å². The molecule has 0 radical (unpaired) electrons. The Morgan fingerprint density at radius 3 is 2.18 bits per heavy atom. The molecule has 0 N–H and O–H groups in total. The van der Waals surface area contributed by atoms with Crippen molar-refractivity contribution >= 4 is 44.4 Å². The molecule has 0 aromatic heterocycles. The lowest BCUT2D eigenvalue weighted by molar-refractivity contribution is -0.127. The van der Waals surface area contributed by atoms with Crippen molar-refractivity contribution in [2.75, 3.05) is 17.6 Å². The van der Waals surface area contributed by atoms with E-state index >= 15 is 4.39 Å². The number of anilines is 1. The molecule has 1 aliphatic rings. The van der Waals surface area contributed by atoms with E-state index in [1.807, 2.05) is 83.3 Å². The molecule has 0 atom stereocenters. The van der Waals surface area contributed by atoms with Gasteiger partial charge in [0, 0.05) is 3.57 Å². The van der Waals surface area contributed by atoms with Gasteiger partial charge in [0.1, 0.15) is 31.3 Å². The number of amides is 1. The fourth-order valence-corrected chi connectivity index (χ4v) is 5.31. The largest absolute Gasteiger partial charge is 0.487 e. The molecule has 1 fully saturated rings. The number of nitrogens with zero attached hydrogens (tertiary/aromatic N) is 2. The van der Waals surface area contributed by atoms with E-state index < -0.39 is 35.2 Å². The summed E-state index contributed by atoms with van der Waals surface area (Å²) >= 11 is 1.92. The summed E-state index contributed by atoms with van der Waals surface area (Å²) in [5.74, 6) is -1.48. The van der Waals surface area contributed by atoms with Crippen LogP contribution in [0.5, 0.6) is 5.75 Å². The molecule has 3 aromatic rings. The molecule has 172 valence electrons. The zero-order chi connectivity index (χ0) is 23.4. The summed E-state index contributed by atoms with van der Waals surface area (Å²) in [6, 6.07) is 21.1. The van der Waals surface area contributed by atoms with Gasteiger partial charge in [0.2, 0.25) is 0 Å². The number of carbonyl (C=O) groups is 1. The van der Waals surface area contributed by atoms with Gasteiger partial charge in [-0.05, 0) is 45.9 Å². The summed E-state index contributed by atoms with van der Waals surface area (Å²) in [5.41, 5.74) is 1.36. The first kappa shape index (κ1) is 23.5. The van der Waals surface area contributed by atoms with Crippen molar-refractivity contribution in [2.45, 2.75) is 13.2 Å². The molecule has 1 aliphatic heterocycles. The number of rotatable bonds is 8. The van der Waals surface area contributed by atoms with Crippen molar-refractivity contribution in [1.29, 1.82) is 0 Å². The maximum atomic E-state index is 15.0. The molecule has 1 heterocycles. The number of benzene rings is 3. The molecule has 33 heavy (non-hydrogen) atoms. The lowest BCUT2D eigenvalue weighted by Gasteiger charge is -2.22. The number of ether oxygens (including phenoxy) is 2. The average molecular weight is 582 g/mol. The highest BCUT2D eigenvalue weighted by molar-refractivity contribution is 14.1. The Morgan fingerprint density at radius 1 is 0.939 bits per heavy atom. The third-order valence-electron chi connectivity index (χ3n) is 4.91. The molecule has 0 aliphatic carbocycles. The quantitative estimate of drug-likeness (QED) is 0.375. The second kappa shape index (κ2) is 10.1. The molecule has 0 spiro atoms. The van der Waals surface area contributed by atoms with Crippen molar-refractivity contribution in [2.24, 2.45) is 0 Å². The summed E-state index contributed by atoms with van der Waals surface area (Å²) in [7, 11) is -4.36. The number of carbonyl (C=O) groups excluding carboxylic acids is 1. The van der Waals surface area contributed by atoms with Crippen molar-refractivity contribution in [3.63, 3.8) is 0 Å². The number of halogens is 2. The fraction of sp³-hybridized carbons (Fsp3) is 0.174. The minimum absolute atomic E-state index is 0.0340. The molecule has 0 bridgehead atoms. The van der Waals surface area contributed by atoms with Gasteiger partial charge in [0.25, 0.3) is 5.91 Å². The van der Waals surface area contributed by atoms with Gasteiger partial charge in [0.05, 0.1) is 6.61 Å². The first-order chi connectivity index (χ1) is 15.9. The summed E-state index contributed by atoms with van der Waals surface area (Å²) in [5, 5.41) is 0. The van der Waals surface area contributed by atoms with Crippen LogP contribution in [0, 0.1) is 9.39 Å². The van der Waals surface area contributed by atoms with E-state index in [4.69, 9.17) is 9.47 Å². The van der Waals surface area contributed by atoms with Gasteiger partial charge in [-0.25, -0.2) is 8.70 Å². The second-order valence-electron chi connectivity index (χ2n) is 7.23. The summed E-state index contributed by atoms with van der Waals surface area (Å²) in [6.45, 7) is -0.780. The van der Waals surface area contributed by atoms with Gasteiger partial charge < -0.3 is 9.47 Å².